The molecule has 0 aromatic carbocycles. The first-order chi connectivity index (χ1) is 13.1. The fraction of sp³-hybridized carbons (Fsp3) is 0.444. The smallest absolute Gasteiger partial charge is 0.246 e. The molecule has 144 valence electrons. The molecule has 1 aliphatic heterocycles. The summed E-state index contributed by atoms with van der Waals surface area (Å²) in [7, 11) is -3.65. The molecule has 0 bridgehead atoms. The molecule has 1 fully saturated rings. The maximum Gasteiger partial charge on any atom is 0.246 e. The second-order valence-corrected chi connectivity index (χ2v) is 9.44. The van der Waals surface area contributed by atoms with Crippen LogP contribution < -0.4 is 0 Å². The van der Waals surface area contributed by atoms with E-state index >= 15 is 0 Å². The van der Waals surface area contributed by atoms with E-state index in [9.17, 15) is 8.42 Å². The minimum absolute atomic E-state index is 0.234. The molecular weight excluding hydrogens is 384 g/mol. The number of rotatable bonds is 5. The van der Waals surface area contributed by atoms with Crippen molar-refractivity contribution in [3.63, 3.8) is 0 Å². The maximum atomic E-state index is 13.3. The zero-order chi connectivity index (χ0) is 18.9. The Labute approximate surface area is 162 Å². The van der Waals surface area contributed by atoms with Crippen molar-refractivity contribution in [2.45, 2.75) is 50.1 Å². The predicted molar refractivity (Wildman–Crippen MR) is 103 cm³/mol. The number of hydrogen-bond acceptors (Lipinski definition) is 6. The van der Waals surface area contributed by atoms with Gasteiger partial charge in [0.25, 0.3) is 0 Å². The lowest BCUT2D eigenvalue weighted by molar-refractivity contribution is 0.308. The Balaban J connectivity index is 1.69. The van der Waals surface area contributed by atoms with Gasteiger partial charge in [0.15, 0.2) is 5.76 Å². The molecule has 3 aromatic heterocycles. The lowest BCUT2D eigenvalue weighted by Gasteiger charge is -2.27. The average Bonchev–Trinajstić information content (AvgIpc) is 3.40. The van der Waals surface area contributed by atoms with Crippen molar-refractivity contribution < 1.29 is 12.9 Å². The summed E-state index contributed by atoms with van der Waals surface area (Å²) in [5, 5.41) is 10.3. The topological polar surface area (TPSA) is 81.2 Å². The highest BCUT2D eigenvalue weighted by Crippen LogP contribution is 2.36. The van der Waals surface area contributed by atoms with Crippen LogP contribution in [0.2, 0.25) is 0 Å². The van der Waals surface area contributed by atoms with E-state index in [-0.39, 0.29) is 10.9 Å². The molecule has 7 nitrogen and oxygen atoms in total. The fourth-order valence-electron chi connectivity index (χ4n) is 3.43. The average molecular weight is 407 g/mol. The Morgan fingerprint density at radius 3 is 2.96 bits per heavy atom. The largest absolute Gasteiger partial charge is 0.355 e. The van der Waals surface area contributed by atoms with Gasteiger partial charge in [0.05, 0.1) is 17.1 Å². The van der Waals surface area contributed by atoms with Gasteiger partial charge in [-0.15, -0.1) is 11.3 Å². The Morgan fingerprint density at radius 1 is 1.33 bits per heavy atom. The van der Waals surface area contributed by atoms with Crippen molar-refractivity contribution in [2.75, 3.05) is 6.54 Å². The summed E-state index contributed by atoms with van der Waals surface area (Å²) in [5.74, 6) is 0.681. The number of hydrogen-bond donors (Lipinski definition) is 0. The summed E-state index contributed by atoms with van der Waals surface area (Å²) < 4.78 is 35.3. The van der Waals surface area contributed by atoms with E-state index < -0.39 is 10.0 Å². The van der Waals surface area contributed by atoms with Crippen molar-refractivity contribution in [1.29, 1.82) is 0 Å². The van der Waals surface area contributed by atoms with Crippen LogP contribution in [0.3, 0.4) is 0 Å². The highest BCUT2D eigenvalue weighted by Gasteiger charge is 2.36. The zero-order valence-corrected chi connectivity index (χ0v) is 16.7. The molecule has 0 amide bonds. The molecule has 27 heavy (non-hydrogen) atoms. The van der Waals surface area contributed by atoms with Crippen LogP contribution in [0.4, 0.5) is 0 Å². The first-order valence-corrected chi connectivity index (χ1v) is 11.5. The maximum absolute atomic E-state index is 13.3. The molecule has 1 saturated heterocycles. The minimum atomic E-state index is -3.65. The van der Waals surface area contributed by atoms with E-state index in [2.05, 4.69) is 10.3 Å². The third kappa shape index (κ3) is 3.59. The molecule has 4 rings (SSSR count). The van der Waals surface area contributed by atoms with Crippen LogP contribution in [0.1, 0.15) is 44.3 Å². The molecule has 1 unspecified atom stereocenters. The van der Waals surface area contributed by atoms with Gasteiger partial charge < -0.3 is 4.52 Å². The summed E-state index contributed by atoms with van der Waals surface area (Å²) in [6, 6.07) is 5.48. The van der Waals surface area contributed by atoms with E-state index in [0.717, 1.165) is 30.6 Å². The van der Waals surface area contributed by atoms with Gasteiger partial charge in [-0.05, 0) is 31.2 Å². The van der Waals surface area contributed by atoms with Crippen molar-refractivity contribution in [1.82, 2.24) is 19.2 Å². The molecule has 0 N–H and O–H groups in total. The van der Waals surface area contributed by atoms with E-state index in [1.165, 1.54) is 6.20 Å². The summed E-state index contributed by atoms with van der Waals surface area (Å²) in [4.78, 5) is 1.22. The van der Waals surface area contributed by atoms with Gasteiger partial charge >= 0.3 is 0 Å². The zero-order valence-electron chi connectivity index (χ0n) is 15.1. The second kappa shape index (κ2) is 7.57. The van der Waals surface area contributed by atoms with E-state index in [1.54, 1.807) is 26.5 Å². The molecule has 1 aliphatic rings. The number of thiophene rings is 1. The molecule has 9 heteroatoms. The highest BCUT2D eigenvalue weighted by atomic mass is 32.2. The second-order valence-electron chi connectivity index (χ2n) is 6.61. The van der Waals surface area contributed by atoms with Crippen molar-refractivity contribution in [3.05, 3.63) is 41.7 Å². The Morgan fingerprint density at radius 2 is 2.22 bits per heavy atom. The van der Waals surface area contributed by atoms with E-state index in [4.69, 9.17) is 4.52 Å². The quantitative estimate of drug-likeness (QED) is 0.641. The molecule has 4 heterocycles. The van der Waals surface area contributed by atoms with Crippen LogP contribution >= 0.6 is 11.3 Å². The van der Waals surface area contributed by atoms with Crippen LogP contribution in [0.15, 0.2) is 45.4 Å². The summed E-state index contributed by atoms with van der Waals surface area (Å²) >= 11 is 1.57. The third-order valence-electron chi connectivity index (χ3n) is 4.88. The van der Waals surface area contributed by atoms with Crippen molar-refractivity contribution in [3.8, 4) is 10.6 Å². The molecule has 0 spiro atoms. The summed E-state index contributed by atoms with van der Waals surface area (Å²) in [5.41, 5.74) is 0.673. The van der Waals surface area contributed by atoms with Gasteiger partial charge in [0.2, 0.25) is 10.0 Å². The van der Waals surface area contributed by atoms with Gasteiger partial charge in [-0.3, -0.25) is 4.68 Å². The number of aromatic nitrogens is 3. The van der Waals surface area contributed by atoms with Crippen LogP contribution in [0, 0.1) is 0 Å². The van der Waals surface area contributed by atoms with Crippen LogP contribution in [0.25, 0.3) is 10.6 Å². The van der Waals surface area contributed by atoms with Crippen molar-refractivity contribution >= 4 is 21.4 Å². The van der Waals surface area contributed by atoms with Gasteiger partial charge in [-0.2, -0.15) is 9.40 Å². The first-order valence-electron chi connectivity index (χ1n) is 9.14. The SMILES string of the molecule is CCn1cc(S(=O)(=O)N2CCCCCC2c2cc(-c3cccs3)on2)cn1. The van der Waals surface area contributed by atoms with Gasteiger partial charge in [0, 0.05) is 25.4 Å². The molecule has 1 atom stereocenters. The molecule has 0 radical (unpaired) electrons. The van der Waals surface area contributed by atoms with Crippen molar-refractivity contribution in [2.24, 2.45) is 0 Å². The number of nitrogens with zero attached hydrogens (tertiary/aromatic N) is 4. The lowest BCUT2D eigenvalue weighted by atomic mass is 10.1. The normalized spacial score (nSPS) is 19.2. The standard InChI is InChI=1S/C18H22N4O3S2/c1-2-21-13-14(12-19-21)27(23,24)22-9-5-3-4-7-16(22)15-11-17(25-20-15)18-8-6-10-26-18/h6,8,10-13,16H,2-5,7,9H2,1H3. The molecule has 3 aromatic rings. The van der Waals surface area contributed by atoms with Gasteiger partial charge in [0.1, 0.15) is 10.6 Å². The lowest BCUT2D eigenvalue weighted by Crippen LogP contribution is -2.34. The number of sulfonamides is 1. The van der Waals surface area contributed by atoms with Gasteiger partial charge in [-0.25, -0.2) is 8.42 Å². The van der Waals surface area contributed by atoms with E-state index in [0.29, 0.717) is 24.5 Å². The monoisotopic (exact) mass is 406 g/mol. The molecular formula is C18H22N4O3S2. The number of aryl methyl sites for hydroxylation is 1. The summed E-state index contributed by atoms with van der Waals surface area (Å²) in [6.07, 6.45) is 6.57. The van der Waals surface area contributed by atoms with Gasteiger partial charge in [-0.1, -0.05) is 24.1 Å². The Hall–Kier alpha value is -1.97. The Bertz CT molecular complexity index is 992. The third-order valence-corrected chi connectivity index (χ3v) is 7.62. The van der Waals surface area contributed by atoms with Crippen LogP contribution in [0.5, 0.6) is 0 Å². The fourth-order valence-corrected chi connectivity index (χ4v) is 5.73. The highest BCUT2D eigenvalue weighted by molar-refractivity contribution is 7.89. The van der Waals surface area contributed by atoms with Crippen LogP contribution in [-0.4, -0.2) is 34.2 Å². The first kappa shape index (κ1) is 18.4. The molecule has 0 saturated carbocycles. The van der Waals surface area contributed by atoms with Crippen LogP contribution in [-0.2, 0) is 16.6 Å². The van der Waals surface area contributed by atoms with E-state index in [1.807, 2.05) is 30.5 Å². The summed E-state index contributed by atoms with van der Waals surface area (Å²) in [6.45, 7) is 3.04. The molecule has 0 aliphatic carbocycles. The Kier molecular flexibility index (Phi) is 5.16. The minimum Gasteiger partial charge on any atom is -0.355 e. The predicted octanol–water partition coefficient (Wildman–Crippen LogP) is 3.93.